The number of alkyl halides is 3. The number of fused-ring (bicyclic) bond motifs is 1. The first-order chi connectivity index (χ1) is 14.7. The minimum absolute atomic E-state index is 0.0702. The highest BCUT2D eigenvalue weighted by molar-refractivity contribution is 5.77. The zero-order valence-corrected chi connectivity index (χ0v) is 16.3. The number of rotatable bonds is 5. The Balaban J connectivity index is 1.57. The predicted molar refractivity (Wildman–Crippen MR) is 109 cm³/mol. The second kappa shape index (κ2) is 7.90. The number of aliphatic hydroxyl groups excluding tert-OH is 1. The van der Waals surface area contributed by atoms with Crippen molar-refractivity contribution in [1.29, 1.82) is 0 Å². The third-order valence-corrected chi connectivity index (χ3v) is 4.91. The first-order valence-electron chi connectivity index (χ1n) is 9.40. The minimum Gasteiger partial charge on any atom is -0.510 e. The van der Waals surface area contributed by atoms with E-state index in [2.05, 4.69) is 16.9 Å². The van der Waals surface area contributed by atoms with E-state index < -0.39 is 17.6 Å². The van der Waals surface area contributed by atoms with Gasteiger partial charge in [0, 0.05) is 23.4 Å². The number of halogens is 4. The highest BCUT2D eigenvalue weighted by atomic mass is 19.4. The standard InChI is InChI=1S/C22H18F4N4O/c1-2-7-29-12-17(31)10-16-9-15(4-6-21(16)29)20-13-30(28-27-20)11-14-3-5-18(19(23)8-14)22(24,25)26/h2-6,8-10,13,31H,1,7,11-12H2. The van der Waals surface area contributed by atoms with Crippen molar-refractivity contribution < 1.29 is 22.7 Å². The van der Waals surface area contributed by atoms with Gasteiger partial charge in [0.1, 0.15) is 17.3 Å². The molecule has 1 aliphatic rings. The average Bonchev–Trinajstić information content (AvgIpc) is 3.15. The number of anilines is 1. The first kappa shape index (κ1) is 20.6. The van der Waals surface area contributed by atoms with Crippen LogP contribution < -0.4 is 4.90 Å². The van der Waals surface area contributed by atoms with E-state index in [9.17, 15) is 22.7 Å². The number of aliphatic hydroxyl groups is 1. The molecule has 1 N–H and O–H groups in total. The van der Waals surface area contributed by atoms with Gasteiger partial charge < -0.3 is 10.0 Å². The molecule has 1 aliphatic heterocycles. The molecule has 2 aromatic carbocycles. The molecule has 2 heterocycles. The quantitative estimate of drug-likeness (QED) is 0.454. The van der Waals surface area contributed by atoms with Crippen molar-refractivity contribution in [2.45, 2.75) is 12.7 Å². The predicted octanol–water partition coefficient (Wildman–Crippen LogP) is 5.06. The van der Waals surface area contributed by atoms with Crippen LogP contribution in [0.3, 0.4) is 0 Å². The molecule has 0 aliphatic carbocycles. The van der Waals surface area contributed by atoms with E-state index >= 15 is 0 Å². The van der Waals surface area contributed by atoms with Crippen molar-refractivity contribution >= 4 is 11.8 Å². The van der Waals surface area contributed by atoms with E-state index in [-0.39, 0.29) is 12.3 Å². The molecule has 0 radical (unpaired) electrons. The van der Waals surface area contributed by atoms with Gasteiger partial charge in [0.15, 0.2) is 0 Å². The smallest absolute Gasteiger partial charge is 0.419 e. The monoisotopic (exact) mass is 430 g/mol. The van der Waals surface area contributed by atoms with Crippen LogP contribution in [0.15, 0.2) is 61.0 Å². The normalized spacial score (nSPS) is 13.7. The average molecular weight is 430 g/mol. The highest BCUT2D eigenvalue weighted by Crippen LogP contribution is 2.33. The summed E-state index contributed by atoms with van der Waals surface area (Å²) < 4.78 is 53.4. The summed E-state index contributed by atoms with van der Waals surface area (Å²) in [5.41, 5.74) is 2.11. The number of hydrogen-bond acceptors (Lipinski definition) is 4. The van der Waals surface area contributed by atoms with Crippen LogP contribution in [0, 0.1) is 5.82 Å². The molecule has 1 aromatic heterocycles. The third-order valence-electron chi connectivity index (χ3n) is 4.91. The summed E-state index contributed by atoms with van der Waals surface area (Å²) >= 11 is 0. The van der Waals surface area contributed by atoms with Gasteiger partial charge in [-0.25, -0.2) is 9.07 Å². The van der Waals surface area contributed by atoms with Crippen molar-refractivity contribution in [3.8, 4) is 11.3 Å². The van der Waals surface area contributed by atoms with Crippen LogP contribution >= 0.6 is 0 Å². The van der Waals surface area contributed by atoms with Gasteiger partial charge in [-0.1, -0.05) is 23.4 Å². The molecule has 0 unspecified atom stereocenters. The summed E-state index contributed by atoms with van der Waals surface area (Å²) in [7, 11) is 0. The van der Waals surface area contributed by atoms with Gasteiger partial charge in [-0.3, -0.25) is 0 Å². The lowest BCUT2D eigenvalue weighted by Crippen LogP contribution is -2.28. The third kappa shape index (κ3) is 4.30. The summed E-state index contributed by atoms with van der Waals surface area (Å²) in [6, 6.07) is 8.45. The lowest BCUT2D eigenvalue weighted by atomic mass is 10.0. The summed E-state index contributed by atoms with van der Waals surface area (Å²) in [5, 5.41) is 18.1. The van der Waals surface area contributed by atoms with E-state index in [1.165, 1.54) is 10.7 Å². The summed E-state index contributed by atoms with van der Waals surface area (Å²) in [6.07, 6.45) is 0.338. The maximum Gasteiger partial charge on any atom is 0.419 e. The molecule has 0 saturated heterocycles. The zero-order valence-electron chi connectivity index (χ0n) is 16.3. The Labute approximate surface area is 175 Å². The largest absolute Gasteiger partial charge is 0.510 e. The SMILES string of the molecule is C=CCN1CC(O)=Cc2cc(-c3cn(Cc4ccc(C(F)(F)F)c(F)c4)nn3)ccc21. The Bertz CT molecular complexity index is 1170. The van der Waals surface area contributed by atoms with Gasteiger partial charge in [-0.15, -0.1) is 11.7 Å². The van der Waals surface area contributed by atoms with Gasteiger partial charge in [0.25, 0.3) is 0 Å². The van der Waals surface area contributed by atoms with Crippen LogP contribution in [0.25, 0.3) is 17.3 Å². The van der Waals surface area contributed by atoms with E-state index in [4.69, 9.17) is 0 Å². The van der Waals surface area contributed by atoms with Crippen LogP contribution in [0.1, 0.15) is 16.7 Å². The molecule has 0 saturated carbocycles. The van der Waals surface area contributed by atoms with Crippen LogP contribution in [-0.4, -0.2) is 33.2 Å². The maximum atomic E-state index is 13.8. The molecule has 0 fully saturated rings. The lowest BCUT2D eigenvalue weighted by molar-refractivity contribution is -0.140. The molecule has 9 heteroatoms. The van der Waals surface area contributed by atoms with Crippen LogP contribution in [0.5, 0.6) is 0 Å². The highest BCUT2D eigenvalue weighted by Gasteiger charge is 2.33. The van der Waals surface area contributed by atoms with Crippen molar-refractivity contribution in [3.05, 3.63) is 83.5 Å². The van der Waals surface area contributed by atoms with Crippen LogP contribution in [0.4, 0.5) is 23.2 Å². The molecule has 4 rings (SSSR count). The molecular formula is C22H18F4N4O. The Morgan fingerprint density at radius 1 is 1.16 bits per heavy atom. The number of hydrogen-bond donors (Lipinski definition) is 1. The molecule has 31 heavy (non-hydrogen) atoms. The van der Waals surface area contributed by atoms with Gasteiger partial charge >= 0.3 is 6.18 Å². The van der Waals surface area contributed by atoms with Gasteiger partial charge in [-0.2, -0.15) is 13.2 Å². The Hall–Kier alpha value is -3.62. The fourth-order valence-electron chi connectivity index (χ4n) is 3.52. The Kier molecular flexibility index (Phi) is 5.26. The molecule has 3 aromatic rings. The van der Waals surface area contributed by atoms with Gasteiger partial charge in [0.2, 0.25) is 0 Å². The van der Waals surface area contributed by atoms with Crippen LogP contribution in [-0.2, 0) is 12.7 Å². The minimum atomic E-state index is -4.74. The van der Waals surface area contributed by atoms with Crippen molar-refractivity contribution in [3.63, 3.8) is 0 Å². The topological polar surface area (TPSA) is 54.2 Å². The zero-order chi connectivity index (χ0) is 22.2. The second-order valence-corrected chi connectivity index (χ2v) is 7.19. The molecule has 0 bridgehead atoms. The molecule has 0 amide bonds. The van der Waals surface area contributed by atoms with Crippen molar-refractivity contribution in [1.82, 2.24) is 15.0 Å². The summed E-state index contributed by atoms with van der Waals surface area (Å²) in [5.74, 6) is -1.09. The second-order valence-electron chi connectivity index (χ2n) is 7.19. The number of aromatic nitrogens is 3. The summed E-state index contributed by atoms with van der Waals surface area (Å²) in [6.45, 7) is 4.79. The molecule has 0 spiro atoms. The van der Waals surface area contributed by atoms with E-state index in [1.54, 1.807) is 18.3 Å². The molecule has 5 nitrogen and oxygen atoms in total. The van der Waals surface area contributed by atoms with Crippen molar-refractivity contribution in [2.24, 2.45) is 0 Å². The Morgan fingerprint density at radius 2 is 1.97 bits per heavy atom. The Morgan fingerprint density at radius 3 is 2.68 bits per heavy atom. The fraction of sp³-hybridized carbons (Fsp3) is 0.182. The lowest BCUT2D eigenvalue weighted by Gasteiger charge is -2.28. The van der Waals surface area contributed by atoms with Crippen LogP contribution in [0.2, 0.25) is 0 Å². The maximum absolute atomic E-state index is 13.8. The molecule has 160 valence electrons. The van der Waals surface area contributed by atoms with E-state index in [0.717, 1.165) is 28.9 Å². The number of benzene rings is 2. The first-order valence-corrected chi connectivity index (χ1v) is 9.40. The van der Waals surface area contributed by atoms with E-state index in [1.807, 2.05) is 23.1 Å². The van der Waals surface area contributed by atoms with E-state index in [0.29, 0.717) is 24.3 Å². The molecular weight excluding hydrogens is 412 g/mol. The van der Waals surface area contributed by atoms with Gasteiger partial charge in [-0.05, 0) is 35.9 Å². The number of nitrogens with zero attached hydrogens (tertiary/aromatic N) is 4. The van der Waals surface area contributed by atoms with Crippen molar-refractivity contribution in [2.75, 3.05) is 18.0 Å². The summed E-state index contributed by atoms with van der Waals surface area (Å²) in [4.78, 5) is 1.98. The molecule has 0 atom stereocenters. The van der Waals surface area contributed by atoms with Gasteiger partial charge in [0.05, 0.1) is 24.8 Å². The fourth-order valence-corrected chi connectivity index (χ4v) is 3.52.